The van der Waals surface area contributed by atoms with E-state index in [9.17, 15) is 9.59 Å². The van der Waals surface area contributed by atoms with E-state index in [0.29, 0.717) is 59.5 Å². The van der Waals surface area contributed by atoms with Crippen molar-refractivity contribution in [1.29, 1.82) is 0 Å². The van der Waals surface area contributed by atoms with Gasteiger partial charge >= 0.3 is 11.9 Å². The van der Waals surface area contributed by atoms with E-state index in [1.54, 1.807) is 36.4 Å². The zero-order chi connectivity index (χ0) is 48.7. The molecule has 8 aromatic rings. The number of carbonyl (C=O) groups is 2. The fraction of sp³-hybridized carbons (Fsp3) is 0.208. The maximum atomic E-state index is 11.9. The molecule has 2 aromatic heterocycles. The summed E-state index contributed by atoms with van der Waals surface area (Å²) in [5.74, 6) is 0.886. The molecule has 0 aliphatic carbocycles. The molecule has 8 rings (SSSR count). The van der Waals surface area contributed by atoms with Crippen molar-refractivity contribution in [1.82, 2.24) is 19.9 Å². The summed E-state index contributed by atoms with van der Waals surface area (Å²) in [7, 11) is 2.72. The third-order valence-corrected chi connectivity index (χ3v) is 11.5. The number of hydrogen-bond acceptors (Lipinski definition) is 12. The molecule has 352 valence electrons. The van der Waals surface area contributed by atoms with Gasteiger partial charge in [-0.05, 0) is 128 Å². The molecule has 12 nitrogen and oxygen atoms in total. The fourth-order valence-corrected chi connectivity index (χ4v) is 7.57. The van der Waals surface area contributed by atoms with Crippen LogP contribution in [0.5, 0.6) is 11.5 Å². The van der Waals surface area contributed by atoms with E-state index in [4.69, 9.17) is 39.8 Å². The number of carbonyl (C=O) groups excluding carboxylic acids is 2. The van der Waals surface area contributed by atoms with Crippen LogP contribution in [0.15, 0.2) is 159 Å². The largest absolute Gasteiger partial charge is 0.492 e. The average Bonchev–Trinajstić information content (AvgIpc) is 3.38. The van der Waals surface area contributed by atoms with Gasteiger partial charge in [-0.25, -0.2) is 29.5 Å². The molecule has 0 radical (unpaired) electrons. The molecule has 0 bridgehead atoms. The van der Waals surface area contributed by atoms with Crippen LogP contribution in [-0.4, -0.2) is 77.6 Å². The van der Waals surface area contributed by atoms with Gasteiger partial charge in [0.15, 0.2) is 0 Å². The number of rotatable bonds is 14. The highest BCUT2D eigenvalue weighted by Crippen LogP contribution is 2.29. The lowest BCUT2D eigenvalue weighted by atomic mass is 10.1. The first-order valence-electron chi connectivity index (χ1n) is 21.7. The number of esters is 2. The Labute approximate surface area is 421 Å². The third kappa shape index (κ3) is 15.7. The summed E-state index contributed by atoms with van der Waals surface area (Å²) < 4.78 is 23.3. The molecule has 0 aliphatic heterocycles. The Morgan fingerprint density at radius 1 is 0.559 bits per heavy atom. The molecule has 68 heavy (non-hydrogen) atoms. The highest BCUT2D eigenvalue weighted by Gasteiger charge is 2.15. The molecule has 3 N–H and O–H groups in total. The van der Waals surface area contributed by atoms with Crippen LogP contribution in [0.3, 0.4) is 0 Å². The Bertz CT molecular complexity index is 2860. The molecule has 0 aliphatic rings. The number of unbranched alkanes of at least 4 members (excludes halogenated alkanes) is 1. The first kappa shape index (κ1) is 52.9. The molecule has 6 aromatic carbocycles. The summed E-state index contributed by atoms with van der Waals surface area (Å²) in [6.07, 6.45) is 3.51. The molecule has 2 heterocycles. The van der Waals surface area contributed by atoms with Crippen molar-refractivity contribution < 1.29 is 33.6 Å². The topological polar surface area (TPSA) is 169 Å². The number of nitrogens with two attached hydrogens (primary N) is 1. The standard InChI is InChI=1S/C25H21BrN2O3.C16H11BrN2O2.C8H10BrNO.C4H10O/c1-30-25(29)18-13-14-20-22(16-18)27-21(24(28-20)17-8-3-2-4-9-17)11-7-15-31-23-12-6-5-10-19(23)26;1-21-16(20)11-7-8-12-13(9-11)19-15(17)14(18-12)10-5-3-2-4-6-10;9-7-3-1-2-4-8(7)11-6-5-10;1-2-3-4-5/h2-6,8-10,12-14,16H,7,11,15H2,1H3;2-9H,1H3;1-4H,5-6,10H2;5H,2-4H2,1H3. The van der Waals surface area contributed by atoms with Gasteiger partial charge in [0.1, 0.15) is 28.4 Å². The van der Waals surface area contributed by atoms with Crippen molar-refractivity contribution in [2.45, 2.75) is 32.6 Å². The highest BCUT2D eigenvalue weighted by atomic mass is 79.9. The lowest BCUT2D eigenvalue weighted by molar-refractivity contribution is 0.0592. The molecular formula is C53H52Br3N5O7. The molecular weight excluding hydrogens is 1060 g/mol. The smallest absolute Gasteiger partial charge is 0.337 e. The predicted molar refractivity (Wildman–Crippen MR) is 279 cm³/mol. The van der Waals surface area contributed by atoms with Gasteiger partial charge in [-0.1, -0.05) is 98.3 Å². The van der Waals surface area contributed by atoms with Gasteiger partial charge in [0.05, 0.1) is 74.4 Å². The molecule has 0 unspecified atom stereocenters. The van der Waals surface area contributed by atoms with E-state index in [1.165, 1.54) is 14.2 Å². The summed E-state index contributed by atoms with van der Waals surface area (Å²) in [6, 6.07) is 45.7. The summed E-state index contributed by atoms with van der Waals surface area (Å²) in [4.78, 5) is 42.3. The Kier molecular flexibility index (Phi) is 22.0. The van der Waals surface area contributed by atoms with Crippen LogP contribution in [-0.2, 0) is 15.9 Å². The van der Waals surface area contributed by atoms with Crippen molar-refractivity contribution in [3.8, 4) is 34.0 Å². The Morgan fingerprint density at radius 3 is 1.50 bits per heavy atom. The third-order valence-electron chi connectivity index (χ3n) is 9.67. The van der Waals surface area contributed by atoms with Crippen molar-refractivity contribution >= 4 is 81.8 Å². The van der Waals surface area contributed by atoms with Crippen LogP contribution in [0.1, 0.15) is 52.6 Å². The van der Waals surface area contributed by atoms with Crippen molar-refractivity contribution in [2.75, 3.05) is 40.6 Å². The summed E-state index contributed by atoms with van der Waals surface area (Å²) in [6.45, 7) is 4.05. The second kappa shape index (κ2) is 28.3. The number of methoxy groups -OCH3 is 2. The number of halogens is 3. The second-order valence-electron chi connectivity index (χ2n) is 14.5. The SMILES string of the molecule is CCCCO.COC(=O)c1ccc2nc(-c3ccccc3)c(Br)nc2c1.COC(=O)c1ccc2nc(-c3ccccc3)c(CCCOc3ccccc3Br)nc2c1.NCCOc1ccccc1Br. The first-order valence-corrected chi connectivity index (χ1v) is 24.1. The summed E-state index contributed by atoms with van der Waals surface area (Å²) in [5.41, 5.74) is 13.5. The monoisotopic (exact) mass is 1110 g/mol. The zero-order valence-electron chi connectivity index (χ0n) is 37.9. The van der Waals surface area contributed by atoms with Gasteiger partial charge in [0, 0.05) is 24.3 Å². The van der Waals surface area contributed by atoms with Gasteiger partial charge in [-0.3, -0.25) is 0 Å². The number of fused-ring (bicyclic) bond motifs is 2. The molecule has 0 fully saturated rings. The first-order chi connectivity index (χ1) is 33.1. The maximum absolute atomic E-state index is 11.9. The lowest BCUT2D eigenvalue weighted by Crippen LogP contribution is -2.10. The van der Waals surface area contributed by atoms with Crippen LogP contribution in [0.2, 0.25) is 0 Å². The number of hydrogen-bond donors (Lipinski definition) is 2. The summed E-state index contributed by atoms with van der Waals surface area (Å²) in [5, 5.41) is 8.07. The van der Waals surface area contributed by atoms with E-state index in [0.717, 1.165) is 78.9 Å². The number of ether oxygens (including phenoxy) is 4. The fourth-order valence-electron chi connectivity index (χ4n) is 6.27. The van der Waals surface area contributed by atoms with E-state index >= 15 is 0 Å². The minimum Gasteiger partial charge on any atom is -0.492 e. The van der Waals surface area contributed by atoms with Crippen molar-refractivity contribution in [3.05, 3.63) is 176 Å². The number of para-hydroxylation sites is 2. The Hall–Kier alpha value is -6.10. The number of aromatic nitrogens is 4. The van der Waals surface area contributed by atoms with Gasteiger partial charge in [0.25, 0.3) is 0 Å². The molecule has 0 saturated carbocycles. The Morgan fingerprint density at radius 2 is 1.03 bits per heavy atom. The van der Waals surface area contributed by atoms with E-state index in [2.05, 4.69) is 64.7 Å². The average molecular weight is 1110 g/mol. The second-order valence-corrected chi connectivity index (χ2v) is 17.0. The molecule has 15 heteroatoms. The number of aryl methyl sites for hydroxylation is 1. The van der Waals surface area contributed by atoms with Crippen LogP contribution in [0.4, 0.5) is 0 Å². The minimum absolute atomic E-state index is 0.344. The van der Waals surface area contributed by atoms with E-state index < -0.39 is 0 Å². The molecule has 0 atom stereocenters. The van der Waals surface area contributed by atoms with Crippen molar-refractivity contribution in [3.63, 3.8) is 0 Å². The van der Waals surface area contributed by atoms with Crippen LogP contribution in [0.25, 0.3) is 44.6 Å². The van der Waals surface area contributed by atoms with E-state index in [-0.39, 0.29) is 11.9 Å². The minimum atomic E-state index is -0.390. The van der Waals surface area contributed by atoms with Crippen LogP contribution in [0, 0.1) is 0 Å². The maximum Gasteiger partial charge on any atom is 0.337 e. The molecule has 0 spiro atoms. The number of nitrogens with zero attached hydrogens (tertiary/aromatic N) is 4. The van der Waals surface area contributed by atoms with Crippen LogP contribution < -0.4 is 15.2 Å². The van der Waals surface area contributed by atoms with E-state index in [1.807, 2.05) is 109 Å². The summed E-state index contributed by atoms with van der Waals surface area (Å²) >= 11 is 10.3. The Balaban J connectivity index is 0.000000200. The number of aliphatic hydroxyl groups is 1. The quantitative estimate of drug-likeness (QED) is 0.0782. The number of benzene rings is 6. The number of aliphatic hydroxyl groups excluding tert-OH is 1. The van der Waals surface area contributed by atoms with Gasteiger partial charge in [0.2, 0.25) is 0 Å². The van der Waals surface area contributed by atoms with Crippen LogP contribution >= 0.6 is 47.8 Å². The van der Waals surface area contributed by atoms with Gasteiger partial charge < -0.3 is 29.8 Å². The zero-order valence-corrected chi connectivity index (χ0v) is 42.7. The van der Waals surface area contributed by atoms with Gasteiger partial charge in [-0.2, -0.15) is 0 Å². The normalized spacial score (nSPS) is 10.4. The molecule has 0 amide bonds. The molecule has 0 saturated heterocycles. The highest BCUT2D eigenvalue weighted by molar-refractivity contribution is 9.11. The van der Waals surface area contributed by atoms with Gasteiger partial charge in [-0.15, -0.1) is 0 Å². The van der Waals surface area contributed by atoms with Crippen molar-refractivity contribution in [2.24, 2.45) is 5.73 Å². The predicted octanol–water partition coefficient (Wildman–Crippen LogP) is 12.3. The lowest BCUT2D eigenvalue weighted by Gasteiger charge is -2.12.